The van der Waals surface area contributed by atoms with Gasteiger partial charge in [-0.15, -0.1) is 0 Å². The van der Waals surface area contributed by atoms with Crippen molar-refractivity contribution in [3.05, 3.63) is 35.7 Å². The van der Waals surface area contributed by atoms with E-state index in [1.807, 2.05) is 17.8 Å². The number of rotatable bonds is 4. The maximum absolute atomic E-state index is 13.3. The zero-order valence-corrected chi connectivity index (χ0v) is 15.4. The summed E-state index contributed by atoms with van der Waals surface area (Å²) in [6.45, 7) is 0. The van der Waals surface area contributed by atoms with Crippen molar-refractivity contribution in [3.8, 4) is 0 Å². The molecule has 0 heterocycles. The second kappa shape index (κ2) is 7.88. The van der Waals surface area contributed by atoms with Crippen LogP contribution in [0.3, 0.4) is 0 Å². The van der Waals surface area contributed by atoms with E-state index in [4.69, 9.17) is 11.6 Å². The van der Waals surface area contributed by atoms with Crippen LogP contribution in [0.2, 0.25) is 0 Å². The van der Waals surface area contributed by atoms with Crippen molar-refractivity contribution in [1.82, 2.24) is 0 Å². The first-order chi connectivity index (χ1) is 9.77. The van der Waals surface area contributed by atoms with E-state index in [0.29, 0.717) is 0 Å². The number of hydrogen-bond acceptors (Lipinski definition) is 0. The van der Waals surface area contributed by atoms with Crippen molar-refractivity contribution >= 4 is 24.2 Å². The fourth-order valence-corrected chi connectivity index (χ4v) is 10.6. The molecule has 3 rings (SSSR count). The van der Waals surface area contributed by atoms with Crippen LogP contribution in [0.25, 0.3) is 0 Å². The van der Waals surface area contributed by atoms with Crippen LogP contribution in [0.5, 0.6) is 0 Å². The molecule has 0 spiro atoms. The zero-order chi connectivity index (χ0) is 14.0. The Balaban J connectivity index is 0.00000161. The SMILES string of the molecule is Fc1ccc([P+]([CH-]Cl)(C2CCCC2)C2CCCC2)cc1.[Pd]. The molecule has 2 aliphatic rings. The van der Waals surface area contributed by atoms with Gasteiger partial charge in [-0.3, -0.25) is 0 Å². The summed E-state index contributed by atoms with van der Waals surface area (Å²) in [5.41, 5.74) is 3.54. The Morgan fingerprint density at radius 2 is 1.33 bits per heavy atom. The first-order valence-electron chi connectivity index (χ1n) is 7.86. The van der Waals surface area contributed by atoms with Crippen molar-refractivity contribution in [2.45, 2.75) is 62.7 Å². The average molecular weight is 419 g/mol. The first-order valence-corrected chi connectivity index (χ1v) is 10.3. The minimum atomic E-state index is -1.47. The summed E-state index contributed by atoms with van der Waals surface area (Å²) in [7, 11) is -1.47. The number of benzene rings is 1. The van der Waals surface area contributed by atoms with Crippen LogP contribution in [-0.4, -0.2) is 11.3 Å². The molecule has 0 amide bonds. The number of hydrogen-bond donors (Lipinski definition) is 0. The average Bonchev–Trinajstić information content (AvgIpc) is 3.15. The van der Waals surface area contributed by atoms with Gasteiger partial charge in [-0.1, -0.05) is 12.9 Å². The summed E-state index contributed by atoms with van der Waals surface area (Å²) in [4.78, 5) is 0. The second-order valence-corrected chi connectivity index (χ2v) is 10.7. The van der Waals surface area contributed by atoms with Crippen LogP contribution >= 0.6 is 18.9 Å². The third-order valence-electron chi connectivity index (χ3n) is 5.29. The van der Waals surface area contributed by atoms with E-state index in [0.717, 1.165) is 11.3 Å². The predicted octanol–water partition coefficient (Wildman–Crippen LogP) is 5.71. The van der Waals surface area contributed by atoms with Gasteiger partial charge < -0.3 is 11.6 Å². The Kier molecular flexibility index (Phi) is 6.71. The molecule has 0 saturated heterocycles. The summed E-state index contributed by atoms with van der Waals surface area (Å²) < 4.78 is 13.3. The third-order valence-corrected chi connectivity index (χ3v) is 11.2. The van der Waals surface area contributed by atoms with Crippen molar-refractivity contribution in [2.75, 3.05) is 0 Å². The molecule has 1 aromatic carbocycles. The van der Waals surface area contributed by atoms with Gasteiger partial charge in [-0.05, 0) is 75.6 Å². The molecule has 0 aromatic heterocycles. The topological polar surface area (TPSA) is 0 Å². The fourth-order valence-electron chi connectivity index (χ4n) is 4.30. The molecule has 0 aliphatic heterocycles. The summed E-state index contributed by atoms with van der Waals surface area (Å²) in [6, 6.07) is 7.26. The molecule has 2 aliphatic carbocycles. The van der Waals surface area contributed by atoms with Crippen molar-refractivity contribution < 1.29 is 24.8 Å². The molecule has 0 nitrogen and oxygen atoms in total. The molecule has 0 atom stereocenters. The molecule has 1 aromatic rings. The smallest absolute Gasteiger partial charge is 0.123 e. The summed E-state index contributed by atoms with van der Waals surface area (Å²) in [5, 5.41) is 1.34. The van der Waals surface area contributed by atoms with Crippen LogP contribution in [0.4, 0.5) is 4.39 Å². The maximum atomic E-state index is 13.3. The summed E-state index contributed by atoms with van der Waals surface area (Å²) >= 11 is 6.49. The fraction of sp³-hybridized carbons (Fsp3) is 0.588. The molecule has 0 bridgehead atoms. The molecule has 0 unspecified atom stereocenters. The maximum Gasteiger partial charge on any atom is 0.123 e. The largest absolute Gasteiger partial charge is 0.304 e. The Morgan fingerprint density at radius 3 is 1.71 bits per heavy atom. The van der Waals surface area contributed by atoms with E-state index in [2.05, 4.69) is 0 Å². The van der Waals surface area contributed by atoms with Crippen molar-refractivity contribution in [3.63, 3.8) is 0 Å². The number of halogens is 2. The van der Waals surface area contributed by atoms with Crippen molar-refractivity contribution in [1.29, 1.82) is 0 Å². The van der Waals surface area contributed by atoms with Gasteiger partial charge in [-0.25, -0.2) is 4.39 Å². The Morgan fingerprint density at radius 1 is 0.905 bits per heavy atom. The second-order valence-electron chi connectivity index (χ2n) is 6.29. The molecule has 0 N–H and O–H groups in total. The third kappa shape index (κ3) is 3.40. The normalized spacial score (nSPS) is 20.7. The predicted molar refractivity (Wildman–Crippen MR) is 87.6 cm³/mol. The molecule has 4 heteroatoms. The molecule has 21 heavy (non-hydrogen) atoms. The van der Waals surface area contributed by atoms with Gasteiger partial charge in [0.2, 0.25) is 0 Å². The van der Waals surface area contributed by atoms with Crippen LogP contribution < -0.4 is 5.30 Å². The van der Waals surface area contributed by atoms with Crippen molar-refractivity contribution in [2.24, 2.45) is 0 Å². The summed E-state index contributed by atoms with van der Waals surface area (Å²) in [5.74, 6) is -0.140. The van der Waals surface area contributed by atoms with Gasteiger partial charge >= 0.3 is 0 Å². The van der Waals surface area contributed by atoms with Gasteiger partial charge in [0.25, 0.3) is 0 Å². The molecule has 2 fully saturated rings. The van der Waals surface area contributed by atoms with Crippen LogP contribution in [0.15, 0.2) is 24.3 Å². The van der Waals surface area contributed by atoms with E-state index >= 15 is 0 Å². The standard InChI is InChI=1S/C17H23ClFP.Pd/c18-13-20(15-5-1-2-6-15,16-7-3-4-8-16)17-11-9-14(19)10-12-17;/h9-13,15-16H,1-8H2;. The molecular weight excluding hydrogens is 396 g/mol. The zero-order valence-electron chi connectivity index (χ0n) is 12.2. The van der Waals surface area contributed by atoms with Gasteiger partial charge in [0, 0.05) is 31.7 Å². The Labute approximate surface area is 147 Å². The van der Waals surface area contributed by atoms with Gasteiger partial charge in [0.1, 0.15) is 5.82 Å². The minimum Gasteiger partial charge on any atom is -0.304 e. The monoisotopic (exact) mass is 418 g/mol. The van der Waals surface area contributed by atoms with E-state index in [1.54, 1.807) is 12.1 Å². The molecule has 2 saturated carbocycles. The van der Waals surface area contributed by atoms with Crippen LogP contribution in [0.1, 0.15) is 51.4 Å². The van der Waals surface area contributed by atoms with E-state index in [9.17, 15) is 4.39 Å². The molecule has 0 radical (unpaired) electrons. The van der Waals surface area contributed by atoms with E-state index < -0.39 is 7.26 Å². The van der Waals surface area contributed by atoms with Crippen LogP contribution in [-0.2, 0) is 20.4 Å². The van der Waals surface area contributed by atoms with Gasteiger partial charge in [0.15, 0.2) is 0 Å². The quantitative estimate of drug-likeness (QED) is 0.333. The Bertz CT molecular complexity index is 423. The van der Waals surface area contributed by atoms with Gasteiger partial charge in [-0.2, -0.15) is 0 Å². The minimum absolute atomic E-state index is 0. The summed E-state index contributed by atoms with van der Waals surface area (Å²) in [6.07, 6.45) is 10.6. The molecular formula is C17H23ClFPPd. The van der Waals surface area contributed by atoms with Gasteiger partial charge in [0.05, 0.1) is 5.30 Å². The van der Waals surface area contributed by atoms with Crippen LogP contribution in [0, 0.1) is 11.4 Å². The van der Waals surface area contributed by atoms with E-state index in [-0.39, 0.29) is 26.2 Å². The molecule has 120 valence electrons. The first kappa shape index (κ1) is 17.9. The Hall–Kier alpha value is 0.532. The van der Waals surface area contributed by atoms with E-state index in [1.165, 1.54) is 56.7 Å².